The fraction of sp³-hybridized carbons (Fsp3) is 0.667. The fourth-order valence-electron chi connectivity index (χ4n) is 2.48. The van der Waals surface area contributed by atoms with E-state index in [0.29, 0.717) is 18.2 Å². The van der Waals surface area contributed by atoms with Crippen LogP contribution >= 0.6 is 15.9 Å². The molecule has 0 aromatic carbocycles. The molecule has 0 aliphatic carbocycles. The van der Waals surface area contributed by atoms with Gasteiger partial charge in [0, 0.05) is 23.3 Å². The lowest BCUT2D eigenvalue weighted by molar-refractivity contribution is 0.0887. The highest BCUT2D eigenvalue weighted by atomic mass is 79.9. The van der Waals surface area contributed by atoms with Crippen LogP contribution in [-0.4, -0.2) is 22.6 Å². The van der Waals surface area contributed by atoms with Gasteiger partial charge in [-0.1, -0.05) is 13.8 Å². The largest absolute Gasteiger partial charge is 0.344 e. The zero-order chi connectivity index (χ0) is 15.5. The lowest BCUT2D eigenvalue weighted by Gasteiger charge is -2.31. The van der Waals surface area contributed by atoms with E-state index in [1.165, 1.54) is 0 Å². The van der Waals surface area contributed by atoms with Gasteiger partial charge in [-0.3, -0.25) is 4.79 Å². The molecule has 0 radical (unpaired) electrons. The number of hydrogen-bond donors (Lipinski definition) is 2. The summed E-state index contributed by atoms with van der Waals surface area (Å²) < 4.78 is 2.88. The molecular weight excluding hydrogens is 318 g/mol. The Bertz CT molecular complexity index is 468. The lowest BCUT2D eigenvalue weighted by atomic mass is 9.90. The summed E-state index contributed by atoms with van der Waals surface area (Å²) >= 11 is 3.43. The molecule has 20 heavy (non-hydrogen) atoms. The van der Waals surface area contributed by atoms with E-state index in [4.69, 9.17) is 5.73 Å². The first-order valence-electron chi connectivity index (χ1n) is 7.08. The smallest absolute Gasteiger partial charge is 0.268 e. The molecule has 5 heteroatoms. The van der Waals surface area contributed by atoms with Gasteiger partial charge in [0.05, 0.1) is 5.54 Å². The average Bonchev–Trinajstić information content (AvgIpc) is 2.70. The number of rotatable bonds is 6. The third kappa shape index (κ3) is 4.35. The molecule has 0 bridgehead atoms. The van der Waals surface area contributed by atoms with Gasteiger partial charge >= 0.3 is 0 Å². The van der Waals surface area contributed by atoms with Crippen LogP contribution in [0, 0.1) is 5.92 Å². The summed E-state index contributed by atoms with van der Waals surface area (Å²) in [6.07, 6.45) is 2.79. The number of amides is 1. The summed E-state index contributed by atoms with van der Waals surface area (Å²) in [5, 5.41) is 3.09. The highest BCUT2D eigenvalue weighted by Crippen LogP contribution is 2.21. The van der Waals surface area contributed by atoms with Gasteiger partial charge in [0.2, 0.25) is 0 Å². The molecule has 0 spiro atoms. The van der Waals surface area contributed by atoms with Crippen LogP contribution < -0.4 is 11.1 Å². The van der Waals surface area contributed by atoms with Crippen LogP contribution in [0.15, 0.2) is 16.7 Å². The van der Waals surface area contributed by atoms with Gasteiger partial charge in [0.25, 0.3) is 5.91 Å². The molecule has 1 heterocycles. The Kier molecular flexibility index (Phi) is 5.83. The fourth-order valence-corrected chi connectivity index (χ4v) is 2.92. The van der Waals surface area contributed by atoms with E-state index in [1.807, 2.05) is 23.8 Å². The first-order chi connectivity index (χ1) is 9.18. The highest BCUT2D eigenvalue weighted by Gasteiger charge is 2.27. The molecular formula is C15H26BrN3O. The van der Waals surface area contributed by atoms with Gasteiger partial charge in [-0.15, -0.1) is 0 Å². The van der Waals surface area contributed by atoms with Crippen LogP contribution in [0.25, 0.3) is 0 Å². The Morgan fingerprint density at radius 1 is 1.45 bits per heavy atom. The summed E-state index contributed by atoms with van der Waals surface area (Å²) in [7, 11) is 0. The Labute approximate surface area is 130 Å². The monoisotopic (exact) mass is 343 g/mol. The second-order valence-corrected chi connectivity index (χ2v) is 7.28. The maximum Gasteiger partial charge on any atom is 0.268 e. The molecule has 4 nitrogen and oxygen atoms in total. The third-order valence-electron chi connectivity index (χ3n) is 3.33. The van der Waals surface area contributed by atoms with Crippen molar-refractivity contribution in [3.63, 3.8) is 0 Å². The number of hydrogen-bond acceptors (Lipinski definition) is 2. The van der Waals surface area contributed by atoms with E-state index < -0.39 is 0 Å². The third-order valence-corrected chi connectivity index (χ3v) is 3.76. The molecule has 0 fully saturated rings. The van der Waals surface area contributed by atoms with Gasteiger partial charge < -0.3 is 15.6 Å². The predicted molar refractivity (Wildman–Crippen MR) is 86.9 cm³/mol. The Balaban J connectivity index is 2.95. The van der Waals surface area contributed by atoms with E-state index in [9.17, 15) is 4.79 Å². The second kappa shape index (κ2) is 6.76. The number of nitrogens with one attached hydrogen (secondary N) is 1. The summed E-state index contributed by atoms with van der Waals surface area (Å²) in [4.78, 5) is 12.5. The number of carbonyl (C=O) groups is 1. The lowest BCUT2D eigenvalue weighted by Crippen LogP contribution is -2.52. The van der Waals surface area contributed by atoms with Crippen molar-refractivity contribution in [2.24, 2.45) is 11.7 Å². The van der Waals surface area contributed by atoms with Crippen molar-refractivity contribution in [1.29, 1.82) is 0 Å². The van der Waals surface area contributed by atoms with Gasteiger partial charge in [-0.05, 0) is 55.1 Å². The van der Waals surface area contributed by atoms with Gasteiger partial charge in [0.1, 0.15) is 5.69 Å². The number of nitrogens with two attached hydrogens (primary N) is 1. The summed E-state index contributed by atoms with van der Waals surface area (Å²) in [6.45, 7) is 10.8. The summed E-state index contributed by atoms with van der Waals surface area (Å²) in [5.41, 5.74) is 6.15. The Hall–Kier alpha value is -0.810. The summed E-state index contributed by atoms with van der Waals surface area (Å²) in [5.74, 6) is 0.408. The van der Waals surface area contributed by atoms with E-state index in [-0.39, 0.29) is 17.5 Å². The van der Waals surface area contributed by atoms with E-state index in [0.717, 1.165) is 10.9 Å². The highest BCUT2D eigenvalue weighted by molar-refractivity contribution is 9.10. The molecule has 3 N–H and O–H groups in total. The van der Waals surface area contributed by atoms with Gasteiger partial charge in [-0.2, -0.15) is 0 Å². The van der Waals surface area contributed by atoms with Crippen LogP contribution in [-0.2, 0) is 0 Å². The van der Waals surface area contributed by atoms with Crippen LogP contribution in [0.5, 0.6) is 0 Å². The molecule has 0 saturated carbocycles. The van der Waals surface area contributed by atoms with Crippen molar-refractivity contribution in [1.82, 2.24) is 9.88 Å². The normalized spacial score (nSPS) is 14.7. The van der Waals surface area contributed by atoms with Crippen LogP contribution in [0.4, 0.5) is 0 Å². The standard InChI is InChI=1S/C15H26BrN3O/c1-10(2)7-15(5,9-17)18-14(20)13-6-12(16)8-19(13)11(3)4/h6,8,10-11H,7,9,17H2,1-5H3,(H,18,20)/t15-/m1/s1. The predicted octanol–water partition coefficient (Wildman–Crippen LogP) is 3.32. The molecule has 0 saturated heterocycles. The quantitative estimate of drug-likeness (QED) is 0.832. The first-order valence-corrected chi connectivity index (χ1v) is 7.88. The molecule has 1 aromatic heterocycles. The molecule has 0 unspecified atom stereocenters. The number of halogens is 1. The zero-order valence-corrected chi connectivity index (χ0v) is 14.6. The average molecular weight is 344 g/mol. The maximum absolute atomic E-state index is 12.5. The van der Waals surface area contributed by atoms with Crippen molar-refractivity contribution < 1.29 is 4.79 Å². The van der Waals surface area contributed by atoms with Crippen molar-refractivity contribution in [3.8, 4) is 0 Å². The van der Waals surface area contributed by atoms with E-state index >= 15 is 0 Å². The van der Waals surface area contributed by atoms with E-state index in [2.05, 4.69) is 48.9 Å². The van der Waals surface area contributed by atoms with Crippen LogP contribution in [0.3, 0.4) is 0 Å². The van der Waals surface area contributed by atoms with Gasteiger partial charge in [0.15, 0.2) is 0 Å². The maximum atomic E-state index is 12.5. The topological polar surface area (TPSA) is 60.0 Å². The van der Waals surface area contributed by atoms with Crippen molar-refractivity contribution in [2.45, 2.75) is 52.6 Å². The van der Waals surface area contributed by atoms with Crippen molar-refractivity contribution in [3.05, 3.63) is 22.4 Å². The minimum atomic E-state index is -0.371. The molecule has 1 amide bonds. The van der Waals surface area contributed by atoms with Crippen molar-refractivity contribution in [2.75, 3.05) is 6.54 Å². The number of nitrogens with zero attached hydrogens (tertiary/aromatic N) is 1. The second-order valence-electron chi connectivity index (χ2n) is 6.36. The van der Waals surface area contributed by atoms with Crippen molar-refractivity contribution >= 4 is 21.8 Å². The van der Waals surface area contributed by atoms with Crippen LogP contribution in [0.2, 0.25) is 0 Å². The first kappa shape index (κ1) is 17.2. The number of carbonyl (C=O) groups excluding carboxylic acids is 1. The molecule has 114 valence electrons. The number of aromatic nitrogens is 1. The molecule has 0 aliphatic heterocycles. The molecule has 1 aromatic rings. The minimum Gasteiger partial charge on any atom is -0.344 e. The Morgan fingerprint density at radius 2 is 2.05 bits per heavy atom. The zero-order valence-electron chi connectivity index (χ0n) is 13.0. The molecule has 1 atom stereocenters. The molecule has 0 aliphatic rings. The minimum absolute atomic E-state index is 0.0713. The molecule has 1 rings (SSSR count). The van der Waals surface area contributed by atoms with Gasteiger partial charge in [-0.25, -0.2) is 0 Å². The summed E-state index contributed by atoms with van der Waals surface area (Å²) in [6, 6.07) is 2.08. The SMILES string of the molecule is CC(C)C[C@](C)(CN)NC(=O)c1cc(Br)cn1C(C)C. The van der Waals surface area contributed by atoms with Crippen LogP contribution in [0.1, 0.15) is 57.6 Å². The van der Waals surface area contributed by atoms with E-state index in [1.54, 1.807) is 0 Å². The Morgan fingerprint density at radius 3 is 2.50 bits per heavy atom.